The fourth-order valence-electron chi connectivity index (χ4n) is 3.31. The van der Waals surface area contributed by atoms with Crippen LogP contribution in [-0.2, 0) is 4.79 Å². The summed E-state index contributed by atoms with van der Waals surface area (Å²) in [6.07, 6.45) is 7.92. The van der Waals surface area contributed by atoms with E-state index in [1.54, 1.807) is 0 Å². The van der Waals surface area contributed by atoms with E-state index in [0.29, 0.717) is 0 Å². The molecule has 2 amide bonds. The Bertz CT molecular complexity index is 356. The van der Waals surface area contributed by atoms with E-state index in [1.807, 2.05) is 0 Å². The zero-order valence-electron chi connectivity index (χ0n) is 11.9. The van der Waals surface area contributed by atoms with Crippen molar-refractivity contribution in [2.75, 3.05) is 6.54 Å². The van der Waals surface area contributed by atoms with Gasteiger partial charge in [-0.3, -0.25) is 4.79 Å². The highest BCUT2D eigenvalue weighted by atomic mass is 16.4. The molecule has 0 heterocycles. The molecular weight excluding hydrogens is 258 g/mol. The second-order valence-electron chi connectivity index (χ2n) is 5.96. The lowest BCUT2D eigenvalue weighted by atomic mass is 9.91. The molecule has 0 aromatic heterocycles. The number of hydrogen-bond acceptors (Lipinski definition) is 3. The van der Waals surface area contributed by atoms with E-state index < -0.39 is 5.97 Å². The van der Waals surface area contributed by atoms with Gasteiger partial charge in [-0.15, -0.1) is 0 Å². The summed E-state index contributed by atoms with van der Waals surface area (Å²) >= 11 is 0. The average Bonchev–Trinajstić information content (AvgIpc) is 2.92. The number of nitrogens with zero attached hydrogens (tertiary/aromatic N) is 1. The second-order valence-corrected chi connectivity index (χ2v) is 5.96. The topological polar surface area (TPSA) is 95.7 Å². The van der Waals surface area contributed by atoms with Gasteiger partial charge in [0, 0.05) is 18.1 Å². The zero-order chi connectivity index (χ0) is 14.5. The van der Waals surface area contributed by atoms with Crippen LogP contribution in [0, 0.1) is 0 Å². The molecule has 0 bridgehead atoms. The third-order valence-corrected chi connectivity index (χ3v) is 4.46. The molecule has 4 N–H and O–H groups in total. The Morgan fingerprint density at radius 1 is 1.10 bits per heavy atom. The van der Waals surface area contributed by atoms with E-state index in [-0.39, 0.29) is 30.7 Å². The van der Waals surface area contributed by atoms with Gasteiger partial charge >= 0.3 is 12.0 Å². The van der Waals surface area contributed by atoms with Crippen molar-refractivity contribution < 1.29 is 14.7 Å². The molecule has 0 aromatic carbocycles. The Balaban J connectivity index is 1.96. The van der Waals surface area contributed by atoms with E-state index in [4.69, 9.17) is 10.8 Å². The number of nitrogens with one attached hydrogen (secondary N) is 1. The van der Waals surface area contributed by atoms with Crippen LogP contribution in [0.4, 0.5) is 4.79 Å². The Morgan fingerprint density at radius 2 is 1.70 bits per heavy atom. The standard InChI is InChI=1S/C14H25N3O3/c15-11-7-3-4-8-12(11)16-14(20)17(9-13(18)19)10-5-1-2-6-10/h10-12H,1-9,15H2,(H,16,20)(H,18,19). The Labute approximate surface area is 119 Å². The molecule has 2 atom stereocenters. The smallest absolute Gasteiger partial charge is 0.323 e. The molecule has 2 fully saturated rings. The molecule has 0 spiro atoms. The summed E-state index contributed by atoms with van der Waals surface area (Å²) < 4.78 is 0. The van der Waals surface area contributed by atoms with Crippen LogP contribution in [0.3, 0.4) is 0 Å². The van der Waals surface area contributed by atoms with Crippen molar-refractivity contribution in [3.05, 3.63) is 0 Å². The highest BCUT2D eigenvalue weighted by molar-refractivity contribution is 5.80. The zero-order valence-corrected chi connectivity index (χ0v) is 11.9. The molecule has 0 aliphatic heterocycles. The molecule has 114 valence electrons. The van der Waals surface area contributed by atoms with Crippen LogP contribution in [0.25, 0.3) is 0 Å². The largest absolute Gasteiger partial charge is 0.480 e. The van der Waals surface area contributed by atoms with Crippen LogP contribution in [0.1, 0.15) is 51.4 Å². The summed E-state index contributed by atoms with van der Waals surface area (Å²) in [5.41, 5.74) is 6.03. The maximum atomic E-state index is 12.4. The number of nitrogens with two attached hydrogens (primary N) is 1. The second kappa shape index (κ2) is 6.92. The Morgan fingerprint density at radius 3 is 2.30 bits per heavy atom. The first-order chi connectivity index (χ1) is 9.58. The molecule has 20 heavy (non-hydrogen) atoms. The number of hydrogen-bond donors (Lipinski definition) is 3. The van der Waals surface area contributed by atoms with Gasteiger partial charge in [0.15, 0.2) is 0 Å². The van der Waals surface area contributed by atoms with Crippen molar-refractivity contribution in [1.82, 2.24) is 10.2 Å². The summed E-state index contributed by atoms with van der Waals surface area (Å²) in [5.74, 6) is -0.958. The molecule has 6 nitrogen and oxygen atoms in total. The third kappa shape index (κ3) is 3.85. The average molecular weight is 283 g/mol. The Hall–Kier alpha value is -1.30. The normalized spacial score (nSPS) is 27.2. The predicted octanol–water partition coefficient (Wildman–Crippen LogP) is 1.30. The number of carbonyl (C=O) groups excluding carboxylic acids is 1. The SMILES string of the molecule is NC1CCCCC1NC(=O)N(CC(=O)O)C1CCCC1. The van der Waals surface area contributed by atoms with Crippen LogP contribution >= 0.6 is 0 Å². The molecule has 2 rings (SSSR count). The number of urea groups is 1. The minimum atomic E-state index is -0.958. The highest BCUT2D eigenvalue weighted by Crippen LogP contribution is 2.24. The lowest BCUT2D eigenvalue weighted by Crippen LogP contribution is -2.55. The van der Waals surface area contributed by atoms with Crippen LogP contribution < -0.4 is 11.1 Å². The van der Waals surface area contributed by atoms with E-state index in [1.165, 1.54) is 4.90 Å². The van der Waals surface area contributed by atoms with Crippen molar-refractivity contribution in [3.8, 4) is 0 Å². The van der Waals surface area contributed by atoms with Crippen molar-refractivity contribution in [1.29, 1.82) is 0 Å². The van der Waals surface area contributed by atoms with Crippen molar-refractivity contribution in [2.24, 2.45) is 5.73 Å². The van der Waals surface area contributed by atoms with Crippen LogP contribution in [-0.4, -0.2) is 46.7 Å². The predicted molar refractivity (Wildman–Crippen MR) is 75.4 cm³/mol. The summed E-state index contributed by atoms with van der Waals surface area (Å²) in [5, 5.41) is 12.0. The lowest BCUT2D eigenvalue weighted by Gasteiger charge is -2.33. The molecule has 0 saturated heterocycles. The van der Waals surface area contributed by atoms with Gasteiger partial charge in [0.25, 0.3) is 0 Å². The molecular formula is C14H25N3O3. The highest BCUT2D eigenvalue weighted by Gasteiger charge is 2.31. The van der Waals surface area contributed by atoms with Gasteiger partial charge in [0.05, 0.1) is 0 Å². The number of aliphatic carboxylic acids is 1. The molecule has 6 heteroatoms. The first-order valence-electron chi connectivity index (χ1n) is 7.62. The summed E-state index contributed by atoms with van der Waals surface area (Å²) in [6.45, 7) is -0.224. The minimum Gasteiger partial charge on any atom is -0.480 e. The number of carbonyl (C=O) groups is 2. The first-order valence-corrected chi connectivity index (χ1v) is 7.62. The van der Waals surface area contributed by atoms with Crippen LogP contribution in [0.15, 0.2) is 0 Å². The van der Waals surface area contributed by atoms with Gasteiger partial charge in [0.2, 0.25) is 0 Å². The van der Waals surface area contributed by atoms with Gasteiger partial charge in [-0.2, -0.15) is 0 Å². The van der Waals surface area contributed by atoms with Gasteiger partial charge < -0.3 is 21.1 Å². The first kappa shape index (κ1) is 15.1. The van der Waals surface area contributed by atoms with E-state index >= 15 is 0 Å². The van der Waals surface area contributed by atoms with Crippen molar-refractivity contribution >= 4 is 12.0 Å². The fraction of sp³-hybridized carbons (Fsp3) is 0.857. The van der Waals surface area contributed by atoms with Crippen LogP contribution in [0.5, 0.6) is 0 Å². The number of carboxylic acids is 1. The van der Waals surface area contributed by atoms with Gasteiger partial charge in [-0.1, -0.05) is 25.7 Å². The number of rotatable bonds is 4. The van der Waals surface area contributed by atoms with E-state index in [9.17, 15) is 9.59 Å². The third-order valence-electron chi connectivity index (χ3n) is 4.46. The van der Waals surface area contributed by atoms with Crippen LogP contribution in [0.2, 0.25) is 0 Å². The maximum absolute atomic E-state index is 12.4. The fourth-order valence-corrected chi connectivity index (χ4v) is 3.31. The molecule has 2 saturated carbocycles. The van der Waals surface area contributed by atoms with E-state index in [2.05, 4.69) is 5.32 Å². The molecule has 2 unspecified atom stereocenters. The van der Waals surface area contributed by atoms with Gasteiger partial charge in [0.1, 0.15) is 6.54 Å². The summed E-state index contributed by atoms with van der Waals surface area (Å²) in [7, 11) is 0. The molecule has 2 aliphatic rings. The molecule has 0 radical (unpaired) electrons. The number of carboxylic acid groups (broad SMARTS) is 1. The van der Waals surface area contributed by atoms with Gasteiger partial charge in [-0.05, 0) is 25.7 Å². The van der Waals surface area contributed by atoms with Crippen molar-refractivity contribution in [2.45, 2.75) is 69.5 Å². The Kier molecular flexibility index (Phi) is 5.23. The van der Waals surface area contributed by atoms with Gasteiger partial charge in [-0.25, -0.2) is 4.79 Å². The number of amides is 2. The maximum Gasteiger partial charge on any atom is 0.323 e. The lowest BCUT2D eigenvalue weighted by molar-refractivity contribution is -0.138. The molecule has 0 aromatic rings. The van der Waals surface area contributed by atoms with Crippen molar-refractivity contribution in [3.63, 3.8) is 0 Å². The monoisotopic (exact) mass is 283 g/mol. The molecule has 2 aliphatic carbocycles. The quantitative estimate of drug-likeness (QED) is 0.724. The van der Waals surface area contributed by atoms with E-state index in [0.717, 1.165) is 51.4 Å². The summed E-state index contributed by atoms with van der Waals surface area (Å²) in [6, 6.07) is -0.232. The minimum absolute atomic E-state index is 0.0112. The summed E-state index contributed by atoms with van der Waals surface area (Å²) in [4.78, 5) is 24.8.